The number of aromatic nitrogens is 2. The molecule has 16 heteroatoms. The maximum Gasteiger partial charge on any atom is 1.00 e. The topological polar surface area (TPSA) is 191 Å². The fraction of sp³-hybridized carbons (Fsp3) is 0.229. The fourth-order valence-corrected chi connectivity index (χ4v) is 3.00. The number of benzene rings is 1. The van der Waals surface area contributed by atoms with Crippen molar-refractivity contribution in [3.05, 3.63) is 93.2 Å². The van der Waals surface area contributed by atoms with Gasteiger partial charge in [0.1, 0.15) is 23.7 Å². The largest absolute Gasteiger partial charge is 1.00 e. The van der Waals surface area contributed by atoms with E-state index < -0.39 is 17.4 Å². The summed E-state index contributed by atoms with van der Waals surface area (Å²) >= 11 is 0. The summed E-state index contributed by atoms with van der Waals surface area (Å²) < 4.78 is 15.3. The molecule has 0 aliphatic rings. The molecular formula is C35H35BrK2N2O11. The zero-order valence-electron chi connectivity index (χ0n) is 30.3. The van der Waals surface area contributed by atoms with Crippen LogP contribution in [-0.4, -0.2) is 53.2 Å². The first-order valence-corrected chi connectivity index (χ1v) is 13.9. The molecule has 0 amide bonds. The number of hydrogen-bond acceptors (Lipinski definition) is 12. The molecule has 2 aromatic heterocycles. The molecule has 0 atom stereocenters. The van der Waals surface area contributed by atoms with E-state index in [2.05, 4.69) is 44.5 Å². The summed E-state index contributed by atoms with van der Waals surface area (Å²) in [5, 5.41) is 8.43. The van der Waals surface area contributed by atoms with Gasteiger partial charge in [-0.05, 0) is 50.0 Å². The number of carbonyl (C=O) groups is 5. The zero-order valence-corrected chi connectivity index (χ0v) is 37.3. The monoisotopic (exact) mass is 816 g/mol. The van der Waals surface area contributed by atoms with Crippen LogP contribution in [0.4, 0.5) is 0 Å². The van der Waals surface area contributed by atoms with Crippen LogP contribution in [0.1, 0.15) is 83.6 Å². The van der Waals surface area contributed by atoms with Crippen LogP contribution >= 0.6 is 17.0 Å². The van der Waals surface area contributed by atoms with Crippen molar-refractivity contribution in [2.45, 2.75) is 41.2 Å². The van der Waals surface area contributed by atoms with Crippen molar-refractivity contribution >= 4 is 47.0 Å². The Labute approximate surface area is 393 Å². The molecule has 0 fully saturated rings. The molecule has 260 valence electrons. The SMILES string of the molecule is Br.C#CC#CC#CC.CCOC(=O)c1cc(=O)cc(C(C)=O)[nH]1.CCOC(=O)c1cc(OCc2ccccc2)cc(C(C)=O)n1.O=CO[O-].[H-].[K+].[K+]. The first-order chi connectivity index (χ1) is 23.0. The van der Waals surface area contributed by atoms with Crippen molar-refractivity contribution in [2.24, 2.45) is 0 Å². The first-order valence-electron chi connectivity index (χ1n) is 13.9. The number of aromatic amines is 1. The minimum Gasteiger partial charge on any atom is -1.00 e. The molecule has 0 spiro atoms. The normalized spacial score (nSPS) is 8.10. The minimum absolute atomic E-state index is 0. The molecule has 0 radical (unpaired) electrons. The maximum atomic E-state index is 11.8. The molecule has 0 bridgehead atoms. The molecule has 0 saturated heterocycles. The van der Waals surface area contributed by atoms with Gasteiger partial charge in [-0.2, -0.15) is 0 Å². The number of esters is 2. The van der Waals surface area contributed by atoms with Gasteiger partial charge in [0.2, 0.25) is 0 Å². The number of H-pyrrole nitrogens is 1. The molecule has 3 rings (SSSR count). The standard InChI is InChI=1S/C17H17NO4.C10H11NO4.C7H4.CH2O3.BrH.2K.H/c1-3-21-17(20)16-10-14(9-15(18-16)12(2)19)22-11-13-7-5-4-6-8-13;1-3-15-10(14)9-5-7(13)4-8(11-9)6(2)12;1-3-5-7-6-4-2;2-1-4-3;;;;/h4-10H,3,11H2,1-2H3;4-5H,3H2,1-2H3,(H,11,13);1H,2H3;1,3H;1H;;;/q;;;;;2*+1;-1/p-1. The maximum absolute atomic E-state index is 11.8. The third-order valence-corrected chi connectivity index (χ3v) is 4.97. The van der Waals surface area contributed by atoms with E-state index in [9.17, 15) is 24.0 Å². The van der Waals surface area contributed by atoms with E-state index in [-0.39, 0.29) is 175 Å². The molecule has 3 aromatic rings. The van der Waals surface area contributed by atoms with Crippen molar-refractivity contribution in [2.75, 3.05) is 13.2 Å². The summed E-state index contributed by atoms with van der Waals surface area (Å²) in [5.41, 5.74) is 0.926. The van der Waals surface area contributed by atoms with Gasteiger partial charge in [0.15, 0.2) is 22.7 Å². The van der Waals surface area contributed by atoms with E-state index in [1.807, 2.05) is 30.3 Å². The number of pyridine rings is 2. The van der Waals surface area contributed by atoms with Gasteiger partial charge >= 0.3 is 115 Å². The summed E-state index contributed by atoms with van der Waals surface area (Å²) in [5.74, 6) is 10.7. The van der Waals surface area contributed by atoms with Gasteiger partial charge in [0.05, 0.1) is 18.9 Å². The molecule has 0 aliphatic heterocycles. The van der Waals surface area contributed by atoms with Gasteiger partial charge in [0, 0.05) is 38.1 Å². The number of nitrogens with one attached hydrogen (secondary N) is 1. The van der Waals surface area contributed by atoms with Crippen molar-refractivity contribution in [1.29, 1.82) is 0 Å². The Morgan fingerprint density at radius 3 is 1.92 bits per heavy atom. The first kappa shape index (κ1) is 55.0. The predicted octanol–water partition coefficient (Wildman–Crippen LogP) is -2.43. The number of ketones is 2. The summed E-state index contributed by atoms with van der Waals surface area (Å²) in [6.07, 6.45) is 4.78. The third-order valence-electron chi connectivity index (χ3n) is 4.97. The Morgan fingerprint density at radius 1 is 0.882 bits per heavy atom. The number of halogens is 1. The second-order valence-electron chi connectivity index (χ2n) is 8.51. The van der Waals surface area contributed by atoms with Gasteiger partial charge in [-0.3, -0.25) is 19.2 Å². The van der Waals surface area contributed by atoms with E-state index in [4.69, 9.17) is 30.7 Å². The average Bonchev–Trinajstić information content (AvgIpc) is 3.08. The summed E-state index contributed by atoms with van der Waals surface area (Å²) in [6, 6.07) is 14.9. The van der Waals surface area contributed by atoms with Gasteiger partial charge in [-0.15, -0.1) is 23.4 Å². The predicted molar refractivity (Wildman–Crippen MR) is 183 cm³/mol. The summed E-state index contributed by atoms with van der Waals surface area (Å²) in [4.78, 5) is 74.5. The second-order valence-corrected chi connectivity index (χ2v) is 8.51. The number of rotatable bonds is 10. The summed E-state index contributed by atoms with van der Waals surface area (Å²) in [6.45, 7) is 8.38. The van der Waals surface area contributed by atoms with Crippen LogP contribution in [0.15, 0.2) is 59.4 Å². The smallest absolute Gasteiger partial charge is 1.00 e. The number of Topliss-reactive ketones (excluding diaryl/α,β-unsaturated/α-hetero) is 2. The Morgan fingerprint density at radius 2 is 1.43 bits per heavy atom. The van der Waals surface area contributed by atoms with Crippen LogP contribution in [0.25, 0.3) is 0 Å². The number of nitrogens with zero attached hydrogens (tertiary/aromatic N) is 1. The summed E-state index contributed by atoms with van der Waals surface area (Å²) in [7, 11) is 0. The van der Waals surface area contributed by atoms with Gasteiger partial charge < -0.3 is 30.8 Å². The zero-order chi connectivity index (χ0) is 36.3. The molecule has 1 aromatic carbocycles. The van der Waals surface area contributed by atoms with Gasteiger partial charge in [-0.1, -0.05) is 36.3 Å². The Bertz CT molecular complexity index is 1780. The van der Waals surface area contributed by atoms with Crippen molar-refractivity contribution in [1.82, 2.24) is 9.97 Å². The molecule has 0 saturated carbocycles. The third kappa shape index (κ3) is 25.8. The number of ether oxygens (including phenoxy) is 3. The Kier molecular flexibility index (Phi) is 37.1. The van der Waals surface area contributed by atoms with Gasteiger partial charge in [0.25, 0.3) is 6.47 Å². The van der Waals surface area contributed by atoms with Crippen LogP contribution in [0.3, 0.4) is 0 Å². The second kappa shape index (κ2) is 34.4. The molecule has 0 aliphatic carbocycles. The van der Waals surface area contributed by atoms with E-state index in [1.165, 1.54) is 26.0 Å². The fourth-order valence-electron chi connectivity index (χ4n) is 3.00. The number of carbonyl (C=O) groups excluding carboxylic acids is 5. The van der Waals surface area contributed by atoms with Crippen molar-refractivity contribution in [3.63, 3.8) is 0 Å². The van der Waals surface area contributed by atoms with Crippen LogP contribution < -0.4 is 118 Å². The van der Waals surface area contributed by atoms with E-state index >= 15 is 0 Å². The van der Waals surface area contributed by atoms with Crippen LogP contribution in [-0.2, 0) is 25.8 Å². The van der Waals surface area contributed by atoms with E-state index in [1.54, 1.807) is 20.8 Å². The molecule has 2 heterocycles. The van der Waals surface area contributed by atoms with Crippen LogP contribution in [0.5, 0.6) is 5.75 Å². The Hall–Kier alpha value is -2.74. The molecular weight excluding hydrogens is 782 g/mol. The minimum atomic E-state index is -0.641. The number of hydrogen-bond donors (Lipinski definition) is 1. The Balaban J connectivity index is -0.000000214. The molecule has 1 N–H and O–H groups in total. The average molecular weight is 818 g/mol. The van der Waals surface area contributed by atoms with Crippen molar-refractivity contribution < 1.29 is 153 Å². The van der Waals surface area contributed by atoms with Gasteiger partial charge in [-0.25, -0.2) is 14.6 Å². The molecule has 0 unspecified atom stereocenters. The van der Waals surface area contributed by atoms with Crippen molar-refractivity contribution in [3.8, 4) is 41.8 Å². The quantitative estimate of drug-likeness (QED) is 0.0434. The van der Waals surface area contributed by atoms with Crippen LogP contribution in [0, 0.1) is 36.0 Å². The molecule has 51 heavy (non-hydrogen) atoms. The van der Waals surface area contributed by atoms with Crippen LogP contribution in [0.2, 0.25) is 0 Å². The molecule has 13 nitrogen and oxygen atoms in total. The van der Waals surface area contributed by atoms with E-state index in [0.717, 1.165) is 17.7 Å². The van der Waals surface area contributed by atoms with E-state index in [0.29, 0.717) is 12.4 Å². The number of terminal acetylenes is 1.